The Bertz CT molecular complexity index is 30.6. The normalized spacial score (nSPS) is 1.60. The van der Waals surface area contributed by atoms with E-state index in [1.54, 1.807) is 0 Å². The SMILES string of the molecule is [I-].[K+].[N-]=[N+]=O. The predicted molar refractivity (Wildman–Crippen MR) is 8.86 cm³/mol. The van der Waals surface area contributed by atoms with E-state index in [9.17, 15) is 0 Å². The van der Waals surface area contributed by atoms with Crippen LogP contribution in [0.4, 0.5) is 0 Å². The number of nitrogens with zero attached hydrogens (tertiary/aromatic N) is 2. The zero-order valence-electron chi connectivity index (χ0n) is 2.68. The van der Waals surface area contributed by atoms with Crippen LogP contribution in [0.2, 0.25) is 0 Å². The summed E-state index contributed by atoms with van der Waals surface area (Å²) in [4.78, 5) is 9.36. The fraction of sp³-hybridized carbons (Fsp3) is 0. The molecule has 0 saturated carbocycles. The molecule has 0 aliphatic rings. The largest absolute Gasteiger partial charge is 1.00 e. The van der Waals surface area contributed by atoms with Gasteiger partial charge in [-0.1, -0.05) is 0 Å². The van der Waals surface area contributed by atoms with Crippen LogP contribution in [0.15, 0.2) is 0 Å². The molecule has 0 aromatic heterocycles. The summed E-state index contributed by atoms with van der Waals surface area (Å²) < 4.78 is 0. The second-order valence-corrected chi connectivity index (χ2v) is 0.0816. The molecule has 0 aliphatic carbocycles. The second kappa shape index (κ2) is 17.3. The van der Waals surface area contributed by atoms with Crippen LogP contribution in [0.1, 0.15) is 0 Å². The third kappa shape index (κ3) is 27.3. The van der Waals surface area contributed by atoms with Gasteiger partial charge in [0.15, 0.2) is 4.91 Å². The molecule has 24 valence electrons. The summed E-state index contributed by atoms with van der Waals surface area (Å²) in [6.45, 7) is 0. The maximum atomic E-state index is 8.11. The molecule has 0 amide bonds. The first-order valence-corrected chi connectivity index (χ1v) is 0.383. The van der Waals surface area contributed by atoms with Gasteiger partial charge >= 0.3 is 51.4 Å². The van der Waals surface area contributed by atoms with E-state index in [4.69, 9.17) is 10.4 Å². The van der Waals surface area contributed by atoms with E-state index in [1.807, 2.05) is 0 Å². The van der Waals surface area contributed by atoms with E-state index >= 15 is 0 Å². The number of hydrogen-bond acceptors (Lipinski definition) is 1. The average molecular weight is 210 g/mol. The third-order valence-electron chi connectivity index (χ3n) is 0. The molecular weight excluding hydrogens is 210 g/mol. The van der Waals surface area contributed by atoms with Crippen molar-refractivity contribution in [3.8, 4) is 0 Å². The first kappa shape index (κ1) is 15.9. The van der Waals surface area contributed by atoms with E-state index in [0.717, 1.165) is 0 Å². The molecule has 0 spiro atoms. The minimum atomic E-state index is 0. The van der Waals surface area contributed by atoms with Gasteiger partial charge in [-0.25, -0.2) is 0 Å². The van der Waals surface area contributed by atoms with Gasteiger partial charge in [-0.15, -0.1) is 0 Å². The Hall–Kier alpha value is 1.68. The molecule has 0 aromatic carbocycles. The summed E-state index contributed by atoms with van der Waals surface area (Å²) in [6, 6.07) is 0. The van der Waals surface area contributed by atoms with Gasteiger partial charge in [0.05, 0.1) is 0 Å². The van der Waals surface area contributed by atoms with Gasteiger partial charge in [-0.3, -0.25) is 5.53 Å². The molecular formula is IKN2O. The summed E-state index contributed by atoms with van der Waals surface area (Å²) in [7, 11) is 0. The van der Waals surface area contributed by atoms with Crippen LogP contribution in [0, 0.1) is 4.91 Å². The van der Waals surface area contributed by atoms with E-state index in [1.165, 1.54) is 4.97 Å². The van der Waals surface area contributed by atoms with Gasteiger partial charge in [0.1, 0.15) is 4.97 Å². The molecule has 3 nitrogen and oxygen atoms in total. The van der Waals surface area contributed by atoms with E-state index in [0.29, 0.717) is 0 Å². The Morgan fingerprint density at radius 3 is 1.60 bits per heavy atom. The van der Waals surface area contributed by atoms with Crippen molar-refractivity contribution in [1.82, 2.24) is 4.97 Å². The maximum Gasteiger partial charge on any atom is 1.00 e. The van der Waals surface area contributed by atoms with Gasteiger partial charge < -0.3 is 24.0 Å². The summed E-state index contributed by atoms with van der Waals surface area (Å²) in [6.07, 6.45) is 0. The first-order valence-electron chi connectivity index (χ1n) is 0.383. The molecule has 0 saturated heterocycles. The summed E-state index contributed by atoms with van der Waals surface area (Å²) in [5.74, 6) is 0. The van der Waals surface area contributed by atoms with Gasteiger partial charge in [-0.05, 0) is 0 Å². The maximum absolute atomic E-state index is 8.11. The Morgan fingerprint density at radius 1 is 1.60 bits per heavy atom. The van der Waals surface area contributed by atoms with Crippen molar-refractivity contribution in [3.63, 3.8) is 0 Å². The molecule has 5 heteroatoms. The molecule has 0 aromatic rings. The van der Waals surface area contributed by atoms with Crippen molar-refractivity contribution in [2.45, 2.75) is 0 Å². The van der Waals surface area contributed by atoms with Crippen LogP contribution < -0.4 is 80.3 Å². The van der Waals surface area contributed by atoms with Gasteiger partial charge in [0, 0.05) is 0 Å². The molecule has 0 atom stereocenters. The van der Waals surface area contributed by atoms with E-state index < -0.39 is 0 Å². The van der Waals surface area contributed by atoms with Crippen LogP contribution in [-0.2, 0) is 0 Å². The standard InChI is InChI=1S/HI.K.N2O/c;;1-2-3/h1H;;/q;+1;/p-1. The minimum Gasteiger partial charge on any atom is -1.00 e. The molecule has 0 unspecified atom stereocenters. The second-order valence-electron chi connectivity index (χ2n) is 0.0816. The number of hydrogen-bond donors (Lipinski definition) is 0. The fourth-order valence-electron chi connectivity index (χ4n) is 0. The minimum absolute atomic E-state index is 0. The van der Waals surface area contributed by atoms with Crippen molar-refractivity contribution in [3.05, 3.63) is 10.4 Å². The van der Waals surface area contributed by atoms with Gasteiger partial charge in [0.25, 0.3) is 0 Å². The van der Waals surface area contributed by atoms with E-state index in [2.05, 4.69) is 0 Å². The monoisotopic (exact) mass is 210 g/mol. The summed E-state index contributed by atoms with van der Waals surface area (Å²) in [5.41, 5.74) is 6.64. The topological polar surface area (TPSA) is 53.5 Å². The molecule has 0 heterocycles. The number of rotatable bonds is 0. The van der Waals surface area contributed by atoms with Gasteiger partial charge in [0.2, 0.25) is 0 Å². The Balaban J connectivity index is -0.0000000200. The van der Waals surface area contributed by atoms with Crippen molar-refractivity contribution >= 4 is 0 Å². The van der Waals surface area contributed by atoms with Crippen molar-refractivity contribution in [2.75, 3.05) is 0 Å². The van der Waals surface area contributed by atoms with Crippen LogP contribution in [0.3, 0.4) is 0 Å². The summed E-state index contributed by atoms with van der Waals surface area (Å²) >= 11 is 0. The quantitative estimate of drug-likeness (QED) is 0.170. The average Bonchev–Trinajstić information content (AvgIpc) is 0.918. The molecule has 0 radical (unpaired) electrons. The zero-order chi connectivity index (χ0) is 2.71. The van der Waals surface area contributed by atoms with Gasteiger partial charge in [-0.2, -0.15) is 0 Å². The Morgan fingerprint density at radius 2 is 1.60 bits per heavy atom. The fourth-order valence-corrected chi connectivity index (χ4v) is 0. The van der Waals surface area contributed by atoms with Crippen LogP contribution in [0.5, 0.6) is 0 Å². The molecule has 0 bridgehead atoms. The van der Waals surface area contributed by atoms with Crippen LogP contribution >= 0.6 is 0 Å². The number of nitroso groups, excluding NO2 is 1. The smallest absolute Gasteiger partial charge is 1.00 e. The summed E-state index contributed by atoms with van der Waals surface area (Å²) in [5, 5.41) is 0. The molecule has 0 N–H and O–H groups in total. The first-order chi connectivity index (χ1) is 1.41. The Kier molecular flexibility index (Phi) is 55.2. The van der Waals surface area contributed by atoms with E-state index in [-0.39, 0.29) is 75.4 Å². The predicted octanol–water partition coefficient (Wildman–Crippen LogP) is -6.15. The zero-order valence-corrected chi connectivity index (χ0v) is 7.96. The molecule has 0 rings (SSSR count). The molecule has 0 fully saturated rings. The third-order valence-corrected chi connectivity index (χ3v) is 0. The molecule has 5 heavy (non-hydrogen) atoms. The van der Waals surface area contributed by atoms with Crippen LogP contribution in [-0.4, -0.2) is 0 Å². The van der Waals surface area contributed by atoms with Crippen molar-refractivity contribution < 1.29 is 75.4 Å². The molecule has 0 aliphatic heterocycles. The Labute approximate surface area is 88.8 Å². The van der Waals surface area contributed by atoms with Crippen LogP contribution in [0.25, 0.3) is 5.53 Å². The van der Waals surface area contributed by atoms with Crippen molar-refractivity contribution in [2.24, 2.45) is 0 Å². The number of halogens is 1. The van der Waals surface area contributed by atoms with Crippen molar-refractivity contribution in [1.29, 1.82) is 0 Å².